The van der Waals surface area contributed by atoms with Gasteiger partial charge >= 0.3 is 6.18 Å². The Bertz CT molecular complexity index is 1180. The molecule has 0 spiro atoms. The van der Waals surface area contributed by atoms with Crippen LogP contribution in [0.4, 0.5) is 13.2 Å². The number of rotatable bonds is 1. The first-order valence-corrected chi connectivity index (χ1v) is 7.21. The molecule has 0 radical (unpaired) electrons. The number of aromatic nitrogens is 6. The molecular weight excluding hydrogens is 337 g/mol. The van der Waals surface area contributed by atoms with Crippen LogP contribution in [0.3, 0.4) is 0 Å². The minimum atomic E-state index is -4.62. The lowest BCUT2D eigenvalue weighted by Gasteiger charge is -2.13. The van der Waals surface area contributed by atoms with Gasteiger partial charge in [0.2, 0.25) is 0 Å². The zero-order valence-corrected chi connectivity index (χ0v) is 13.1. The molecule has 128 valence electrons. The molecule has 7 nitrogen and oxygen atoms in total. The summed E-state index contributed by atoms with van der Waals surface area (Å²) >= 11 is 0. The maximum absolute atomic E-state index is 13.1. The van der Waals surface area contributed by atoms with Gasteiger partial charge in [-0.3, -0.25) is 9.48 Å². The average molecular weight is 348 g/mol. The van der Waals surface area contributed by atoms with Gasteiger partial charge in [0.05, 0.1) is 18.0 Å². The first kappa shape index (κ1) is 15.4. The molecule has 4 rings (SSSR count). The number of imidazole rings is 1. The molecule has 0 bridgehead atoms. The molecule has 0 saturated heterocycles. The molecule has 0 unspecified atom stereocenters. The van der Waals surface area contributed by atoms with Crippen LogP contribution in [-0.4, -0.2) is 28.9 Å². The highest BCUT2D eigenvalue weighted by Gasteiger charge is 2.33. The monoisotopic (exact) mass is 348 g/mol. The van der Waals surface area contributed by atoms with E-state index in [4.69, 9.17) is 0 Å². The highest BCUT2D eigenvalue weighted by Crippen LogP contribution is 2.30. The fraction of sp³-hybridized carbons (Fsp3) is 0.200. The van der Waals surface area contributed by atoms with Gasteiger partial charge in [-0.2, -0.15) is 18.3 Å². The molecule has 4 aromatic rings. The summed E-state index contributed by atoms with van der Waals surface area (Å²) in [6, 6.07) is 3.73. The Morgan fingerprint density at radius 2 is 1.88 bits per heavy atom. The van der Waals surface area contributed by atoms with Crippen molar-refractivity contribution in [2.75, 3.05) is 0 Å². The highest BCUT2D eigenvalue weighted by molar-refractivity contribution is 6.01. The Morgan fingerprint density at radius 3 is 2.52 bits per heavy atom. The second-order valence-corrected chi connectivity index (χ2v) is 5.57. The number of aryl methyl sites for hydroxylation is 2. The van der Waals surface area contributed by atoms with E-state index in [0.29, 0.717) is 16.7 Å². The minimum absolute atomic E-state index is 0.0977. The standard InChI is InChI=1S/C15H11F3N6O/c1-22-7-19-11-12(22)8-3-4-9(15(16,17)18)21-13(8)24(14(11)25)10-5-6-20-23(10)2/h3-7H,1-2H3. The van der Waals surface area contributed by atoms with E-state index in [2.05, 4.69) is 15.1 Å². The third-order valence-corrected chi connectivity index (χ3v) is 4.00. The molecule has 25 heavy (non-hydrogen) atoms. The molecule has 0 aliphatic carbocycles. The van der Waals surface area contributed by atoms with E-state index in [0.717, 1.165) is 10.6 Å². The molecule has 0 N–H and O–H groups in total. The van der Waals surface area contributed by atoms with E-state index in [1.807, 2.05) is 0 Å². The fourth-order valence-corrected chi connectivity index (χ4v) is 2.87. The Kier molecular flexibility index (Phi) is 3.02. The molecule has 4 heterocycles. The van der Waals surface area contributed by atoms with Crippen molar-refractivity contribution < 1.29 is 13.2 Å². The average Bonchev–Trinajstić information content (AvgIpc) is 3.13. The van der Waals surface area contributed by atoms with E-state index in [-0.39, 0.29) is 11.2 Å². The van der Waals surface area contributed by atoms with Crippen LogP contribution in [0.2, 0.25) is 0 Å². The van der Waals surface area contributed by atoms with Crippen LogP contribution in [-0.2, 0) is 20.3 Å². The van der Waals surface area contributed by atoms with E-state index in [1.54, 1.807) is 18.7 Å². The predicted octanol–water partition coefficient (Wildman–Crippen LogP) is 2.02. The zero-order chi connectivity index (χ0) is 17.9. The lowest BCUT2D eigenvalue weighted by molar-refractivity contribution is -0.141. The van der Waals surface area contributed by atoms with Gasteiger partial charge in [0.1, 0.15) is 11.5 Å². The number of pyridine rings is 2. The number of alkyl halides is 3. The van der Waals surface area contributed by atoms with Gasteiger partial charge in [0.25, 0.3) is 5.56 Å². The smallest absolute Gasteiger partial charge is 0.333 e. The van der Waals surface area contributed by atoms with Crippen LogP contribution < -0.4 is 5.56 Å². The summed E-state index contributed by atoms with van der Waals surface area (Å²) in [5.41, 5.74) is -1.15. The third-order valence-electron chi connectivity index (χ3n) is 4.00. The van der Waals surface area contributed by atoms with Crippen LogP contribution in [0.25, 0.3) is 27.9 Å². The lowest BCUT2D eigenvalue weighted by Crippen LogP contribution is -2.23. The van der Waals surface area contributed by atoms with Gasteiger partial charge in [-0.1, -0.05) is 0 Å². The Balaban J connectivity index is 2.26. The van der Waals surface area contributed by atoms with Crippen molar-refractivity contribution in [3.63, 3.8) is 0 Å². The molecule has 10 heteroatoms. The maximum Gasteiger partial charge on any atom is 0.433 e. The minimum Gasteiger partial charge on any atom is -0.333 e. The van der Waals surface area contributed by atoms with E-state index in [9.17, 15) is 18.0 Å². The van der Waals surface area contributed by atoms with Crippen LogP contribution in [0.1, 0.15) is 5.69 Å². The summed E-state index contributed by atoms with van der Waals surface area (Å²) in [5, 5.41) is 4.37. The highest BCUT2D eigenvalue weighted by atomic mass is 19.4. The fourth-order valence-electron chi connectivity index (χ4n) is 2.87. The predicted molar refractivity (Wildman–Crippen MR) is 83.4 cm³/mol. The first-order valence-electron chi connectivity index (χ1n) is 7.21. The van der Waals surface area contributed by atoms with Crippen molar-refractivity contribution in [3.05, 3.63) is 46.8 Å². The van der Waals surface area contributed by atoms with Gasteiger partial charge in [-0.05, 0) is 12.1 Å². The summed E-state index contributed by atoms with van der Waals surface area (Å²) in [6.07, 6.45) is -1.73. The quantitative estimate of drug-likeness (QED) is 0.528. The number of hydrogen-bond donors (Lipinski definition) is 0. The number of nitrogens with zero attached hydrogens (tertiary/aromatic N) is 6. The first-order chi connectivity index (χ1) is 11.8. The zero-order valence-electron chi connectivity index (χ0n) is 13.1. The van der Waals surface area contributed by atoms with Crippen molar-refractivity contribution >= 4 is 22.1 Å². The summed E-state index contributed by atoms with van der Waals surface area (Å²) in [6.45, 7) is 0. The Labute approximate surface area is 138 Å². The number of hydrogen-bond acceptors (Lipinski definition) is 4. The van der Waals surface area contributed by atoms with Gasteiger partial charge in [0, 0.05) is 25.5 Å². The SMILES string of the molecule is Cn1nccc1-n1c(=O)c2ncn(C)c2c2ccc(C(F)(F)F)nc21. The number of fused-ring (bicyclic) bond motifs is 3. The molecule has 0 saturated carbocycles. The molecule has 0 aromatic carbocycles. The third kappa shape index (κ3) is 2.13. The van der Waals surface area contributed by atoms with Gasteiger partial charge in [-0.15, -0.1) is 0 Å². The van der Waals surface area contributed by atoms with E-state index >= 15 is 0 Å². The van der Waals surface area contributed by atoms with Crippen LogP contribution in [0.5, 0.6) is 0 Å². The van der Waals surface area contributed by atoms with Crippen molar-refractivity contribution in [2.45, 2.75) is 6.18 Å². The topological polar surface area (TPSA) is 70.5 Å². The molecule has 4 aromatic heterocycles. The van der Waals surface area contributed by atoms with Crippen LogP contribution in [0, 0.1) is 0 Å². The second-order valence-electron chi connectivity index (χ2n) is 5.57. The summed E-state index contributed by atoms with van der Waals surface area (Å²) < 4.78 is 43.4. The van der Waals surface area contributed by atoms with Crippen molar-refractivity contribution in [1.82, 2.24) is 28.9 Å². The van der Waals surface area contributed by atoms with Crippen molar-refractivity contribution in [3.8, 4) is 5.82 Å². The van der Waals surface area contributed by atoms with E-state index in [1.165, 1.54) is 29.3 Å². The normalized spacial score (nSPS) is 12.4. The molecule has 0 aliphatic heterocycles. The lowest BCUT2D eigenvalue weighted by atomic mass is 10.2. The largest absolute Gasteiger partial charge is 0.433 e. The summed E-state index contributed by atoms with van der Waals surface area (Å²) in [4.78, 5) is 20.7. The number of halogens is 3. The molecular formula is C15H11F3N6O. The van der Waals surface area contributed by atoms with E-state index < -0.39 is 17.4 Å². The van der Waals surface area contributed by atoms with Crippen LogP contribution >= 0.6 is 0 Å². The Hall–Kier alpha value is -3.17. The van der Waals surface area contributed by atoms with Crippen LogP contribution in [0.15, 0.2) is 35.5 Å². The molecule has 0 atom stereocenters. The maximum atomic E-state index is 13.1. The van der Waals surface area contributed by atoms with Crippen molar-refractivity contribution in [1.29, 1.82) is 0 Å². The Morgan fingerprint density at radius 1 is 1.12 bits per heavy atom. The second kappa shape index (κ2) is 4.91. The van der Waals surface area contributed by atoms with Crippen molar-refractivity contribution in [2.24, 2.45) is 14.1 Å². The van der Waals surface area contributed by atoms with Gasteiger partial charge in [0.15, 0.2) is 11.2 Å². The molecule has 0 amide bonds. The van der Waals surface area contributed by atoms with Gasteiger partial charge in [-0.25, -0.2) is 14.5 Å². The summed E-state index contributed by atoms with van der Waals surface area (Å²) in [5.74, 6) is 0.300. The molecule has 0 aliphatic rings. The molecule has 0 fully saturated rings. The summed E-state index contributed by atoms with van der Waals surface area (Å²) in [7, 11) is 3.25. The van der Waals surface area contributed by atoms with Gasteiger partial charge < -0.3 is 4.57 Å².